The van der Waals surface area contributed by atoms with E-state index in [1.54, 1.807) is 7.11 Å². The van der Waals surface area contributed by atoms with Gasteiger partial charge in [0.2, 0.25) is 0 Å². The number of nitrogens with zero attached hydrogens (tertiary/aromatic N) is 2. The van der Waals surface area contributed by atoms with Gasteiger partial charge in [0.25, 0.3) is 5.91 Å². The number of ether oxygens (including phenoxy) is 1. The minimum Gasteiger partial charge on any atom is -0.381 e. The molecule has 0 saturated carbocycles. The number of methoxy groups -OCH3 is 1. The molecule has 0 bridgehead atoms. The summed E-state index contributed by atoms with van der Waals surface area (Å²) >= 11 is 6.01. The summed E-state index contributed by atoms with van der Waals surface area (Å²) < 4.78 is 18.6. The lowest BCUT2D eigenvalue weighted by atomic mass is 9.98. The third kappa shape index (κ3) is 3.90. The highest BCUT2D eigenvalue weighted by atomic mass is 35.5. The number of piperidine rings is 2. The summed E-state index contributed by atoms with van der Waals surface area (Å²) in [7, 11) is 1.78. The first-order chi connectivity index (χ1) is 11.6. The predicted octanol–water partition coefficient (Wildman–Crippen LogP) is 3.19. The van der Waals surface area contributed by atoms with Crippen LogP contribution < -0.4 is 0 Å². The van der Waals surface area contributed by atoms with Gasteiger partial charge in [0.1, 0.15) is 5.82 Å². The van der Waals surface area contributed by atoms with Gasteiger partial charge in [-0.1, -0.05) is 11.6 Å². The summed E-state index contributed by atoms with van der Waals surface area (Å²) in [6.07, 6.45) is 4.51. The summed E-state index contributed by atoms with van der Waals surface area (Å²) in [6, 6.07) is 4.49. The predicted molar refractivity (Wildman–Crippen MR) is 91.9 cm³/mol. The number of hydrogen-bond acceptors (Lipinski definition) is 3. The monoisotopic (exact) mass is 354 g/mol. The smallest absolute Gasteiger partial charge is 0.255 e. The lowest BCUT2D eigenvalue weighted by Crippen LogP contribution is -2.49. The van der Waals surface area contributed by atoms with Crippen LogP contribution >= 0.6 is 11.6 Å². The standard InChI is InChI=1S/C18H24ClFN2O2/c1-24-15-6-10-21(11-7-15)14-4-8-22(9-5-14)18(23)16-3-2-13(20)12-17(16)19/h2-3,12,14-15H,4-11H2,1H3. The van der Waals surface area contributed by atoms with Crippen molar-refractivity contribution in [3.8, 4) is 0 Å². The summed E-state index contributed by atoms with van der Waals surface area (Å²) in [5, 5.41) is 0.184. The Kier molecular flexibility index (Phi) is 5.74. The van der Waals surface area contributed by atoms with Gasteiger partial charge in [0, 0.05) is 39.3 Å². The van der Waals surface area contributed by atoms with Crippen molar-refractivity contribution in [2.24, 2.45) is 0 Å². The lowest BCUT2D eigenvalue weighted by Gasteiger charge is -2.41. The zero-order valence-corrected chi connectivity index (χ0v) is 14.8. The van der Waals surface area contributed by atoms with Gasteiger partial charge in [-0.15, -0.1) is 0 Å². The number of benzene rings is 1. The molecule has 1 aromatic carbocycles. The number of likely N-dealkylation sites (tertiary alicyclic amines) is 2. The van der Waals surface area contributed by atoms with Crippen molar-refractivity contribution < 1.29 is 13.9 Å². The molecule has 2 saturated heterocycles. The van der Waals surface area contributed by atoms with E-state index >= 15 is 0 Å². The average molecular weight is 355 g/mol. The molecule has 1 aromatic rings. The SMILES string of the molecule is COC1CCN(C2CCN(C(=O)c3ccc(F)cc3Cl)CC2)CC1. The Hall–Kier alpha value is -1.17. The van der Waals surface area contributed by atoms with E-state index in [-0.39, 0.29) is 10.9 Å². The Bertz CT molecular complexity index is 582. The lowest BCUT2D eigenvalue weighted by molar-refractivity contribution is 0.0145. The van der Waals surface area contributed by atoms with Crippen LogP contribution in [0.15, 0.2) is 18.2 Å². The van der Waals surface area contributed by atoms with Crippen LogP contribution in [0.3, 0.4) is 0 Å². The van der Waals surface area contributed by atoms with Crippen LogP contribution in [0.5, 0.6) is 0 Å². The van der Waals surface area contributed by atoms with E-state index in [0.717, 1.165) is 51.9 Å². The van der Waals surface area contributed by atoms with Crippen LogP contribution in [0, 0.1) is 5.82 Å². The minimum atomic E-state index is -0.422. The molecule has 0 aromatic heterocycles. The van der Waals surface area contributed by atoms with Crippen molar-refractivity contribution in [3.05, 3.63) is 34.6 Å². The van der Waals surface area contributed by atoms with E-state index in [0.29, 0.717) is 17.7 Å². The first kappa shape index (κ1) is 17.6. The molecule has 132 valence electrons. The van der Waals surface area contributed by atoms with Crippen LogP contribution in [-0.2, 0) is 4.74 Å². The Morgan fingerprint density at radius 2 is 1.83 bits per heavy atom. The fourth-order valence-electron chi connectivity index (χ4n) is 3.74. The Morgan fingerprint density at radius 1 is 1.17 bits per heavy atom. The molecular formula is C18H24ClFN2O2. The molecule has 24 heavy (non-hydrogen) atoms. The van der Waals surface area contributed by atoms with Crippen molar-refractivity contribution in [2.45, 2.75) is 37.8 Å². The highest BCUT2D eigenvalue weighted by Crippen LogP contribution is 2.25. The highest BCUT2D eigenvalue weighted by Gasteiger charge is 2.30. The molecule has 0 atom stereocenters. The first-order valence-corrected chi connectivity index (χ1v) is 8.97. The fourth-order valence-corrected chi connectivity index (χ4v) is 3.99. The summed E-state index contributed by atoms with van der Waals surface area (Å²) in [6.45, 7) is 3.59. The maximum absolute atomic E-state index is 13.1. The van der Waals surface area contributed by atoms with Gasteiger partial charge in [-0.05, 0) is 43.9 Å². The normalized spacial score (nSPS) is 21.2. The number of halogens is 2. The molecule has 0 radical (unpaired) electrons. The van der Waals surface area contributed by atoms with E-state index in [1.807, 2.05) is 4.90 Å². The van der Waals surface area contributed by atoms with Gasteiger partial charge >= 0.3 is 0 Å². The summed E-state index contributed by atoms with van der Waals surface area (Å²) in [5.41, 5.74) is 0.387. The Morgan fingerprint density at radius 3 is 2.42 bits per heavy atom. The molecular weight excluding hydrogens is 331 g/mol. The maximum atomic E-state index is 13.1. The number of rotatable bonds is 3. The molecule has 0 aliphatic carbocycles. The zero-order valence-electron chi connectivity index (χ0n) is 14.0. The Balaban J connectivity index is 1.54. The van der Waals surface area contributed by atoms with Gasteiger partial charge in [-0.25, -0.2) is 4.39 Å². The van der Waals surface area contributed by atoms with Crippen molar-refractivity contribution in [2.75, 3.05) is 33.3 Å². The molecule has 6 heteroatoms. The van der Waals surface area contributed by atoms with Crippen LogP contribution in [-0.4, -0.2) is 61.1 Å². The van der Waals surface area contributed by atoms with Gasteiger partial charge in [-0.3, -0.25) is 4.79 Å². The Labute approximate surface area is 147 Å². The van der Waals surface area contributed by atoms with Crippen molar-refractivity contribution in [1.29, 1.82) is 0 Å². The van der Waals surface area contributed by atoms with E-state index in [2.05, 4.69) is 4.90 Å². The molecule has 2 aliphatic heterocycles. The maximum Gasteiger partial charge on any atom is 0.255 e. The van der Waals surface area contributed by atoms with E-state index in [1.165, 1.54) is 18.2 Å². The van der Waals surface area contributed by atoms with Crippen LogP contribution in [0.1, 0.15) is 36.0 Å². The molecule has 1 amide bonds. The molecule has 2 aliphatic rings. The second-order valence-electron chi connectivity index (χ2n) is 6.62. The third-order valence-electron chi connectivity index (χ3n) is 5.24. The van der Waals surface area contributed by atoms with Crippen LogP contribution in [0.25, 0.3) is 0 Å². The minimum absolute atomic E-state index is 0.100. The van der Waals surface area contributed by atoms with E-state index in [4.69, 9.17) is 16.3 Å². The molecule has 0 spiro atoms. The number of amides is 1. The molecule has 0 unspecified atom stereocenters. The molecule has 2 fully saturated rings. The second kappa shape index (κ2) is 7.81. The second-order valence-corrected chi connectivity index (χ2v) is 7.03. The summed E-state index contributed by atoms with van der Waals surface area (Å²) in [5.74, 6) is -0.522. The topological polar surface area (TPSA) is 32.8 Å². The highest BCUT2D eigenvalue weighted by molar-refractivity contribution is 6.33. The van der Waals surface area contributed by atoms with Crippen LogP contribution in [0.4, 0.5) is 4.39 Å². The van der Waals surface area contributed by atoms with Gasteiger partial charge in [-0.2, -0.15) is 0 Å². The third-order valence-corrected chi connectivity index (χ3v) is 5.55. The van der Waals surface area contributed by atoms with Crippen molar-refractivity contribution in [1.82, 2.24) is 9.80 Å². The van der Waals surface area contributed by atoms with Gasteiger partial charge in [0.05, 0.1) is 16.7 Å². The first-order valence-electron chi connectivity index (χ1n) is 8.59. The largest absolute Gasteiger partial charge is 0.381 e. The molecule has 4 nitrogen and oxygen atoms in total. The van der Waals surface area contributed by atoms with Gasteiger partial charge in [0.15, 0.2) is 0 Å². The summed E-state index contributed by atoms with van der Waals surface area (Å²) in [4.78, 5) is 16.9. The fraction of sp³-hybridized carbons (Fsp3) is 0.611. The van der Waals surface area contributed by atoms with E-state index in [9.17, 15) is 9.18 Å². The number of carbonyl (C=O) groups excluding carboxylic acids is 1. The van der Waals surface area contributed by atoms with Crippen LogP contribution in [0.2, 0.25) is 5.02 Å². The van der Waals surface area contributed by atoms with E-state index < -0.39 is 5.82 Å². The molecule has 3 rings (SSSR count). The molecule has 2 heterocycles. The number of hydrogen-bond donors (Lipinski definition) is 0. The number of carbonyl (C=O) groups is 1. The quantitative estimate of drug-likeness (QED) is 0.835. The van der Waals surface area contributed by atoms with Crippen molar-refractivity contribution in [3.63, 3.8) is 0 Å². The zero-order chi connectivity index (χ0) is 17.1. The van der Waals surface area contributed by atoms with Crippen molar-refractivity contribution >= 4 is 17.5 Å². The average Bonchev–Trinajstić information content (AvgIpc) is 2.61. The molecule has 0 N–H and O–H groups in total. The van der Waals surface area contributed by atoms with Gasteiger partial charge < -0.3 is 14.5 Å².